The van der Waals surface area contributed by atoms with Crippen LogP contribution in [0.3, 0.4) is 0 Å². The Labute approximate surface area is 482 Å². The topological polar surface area (TPSA) is 95.9 Å². The molecule has 0 radical (unpaired) electrons. The summed E-state index contributed by atoms with van der Waals surface area (Å²) in [6.07, 6.45) is 82.6. The number of carbonyl (C=O) groups is 2. The molecule has 0 aliphatic rings. The zero-order valence-electron chi connectivity index (χ0n) is 52.5. The van der Waals surface area contributed by atoms with Crippen molar-refractivity contribution >= 4 is 11.9 Å². The van der Waals surface area contributed by atoms with Crippen LogP contribution in [0.25, 0.3) is 0 Å². The molecule has 0 spiro atoms. The molecule has 6 heteroatoms. The van der Waals surface area contributed by atoms with Crippen molar-refractivity contribution in [2.75, 3.05) is 13.2 Å². The number of esters is 1. The van der Waals surface area contributed by atoms with E-state index in [1.165, 1.54) is 327 Å². The fourth-order valence-electron chi connectivity index (χ4n) is 11.4. The van der Waals surface area contributed by atoms with Crippen molar-refractivity contribution in [3.05, 3.63) is 12.2 Å². The van der Waals surface area contributed by atoms with Gasteiger partial charge in [-0.05, 0) is 51.4 Å². The summed E-state index contributed by atoms with van der Waals surface area (Å²) in [5, 5.41) is 23.4. The first-order valence-corrected chi connectivity index (χ1v) is 35.4. The van der Waals surface area contributed by atoms with Gasteiger partial charge in [0.05, 0.1) is 25.4 Å². The van der Waals surface area contributed by atoms with Crippen LogP contribution < -0.4 is 5.32 Å². The van der Waals surface area contributed by atoms with Gasteiger partial charge in [-0.15, -0.1) is 0 Å². The maximum absolute atomic E-state index is 12.5. The van der Waals surface area contributed by atoms with E-state index in [0.29, 0.717) is 25.9 Å². The lowest BCUT2D eigenvalue weighted by atomic mass is 10.0. The fraction of sp³-hybridized carbons (Fsp3) is 0.944. The normalized spacial score (nSPS) is 12.5. The van der Waals surface area contributed by atoms with E-state index in [0.717, 1.165) is 44.9 Å². The molecule has 0 aliphatic heterocycles. The third-order valence-corrected chi connectivity index (χ3v) is 16.8. The standard InChI is InChI=1S/C71H139NO5/c1-3-5-7-9-11-13-15-17-19-33-36-39-43-47-51-55-59-63-69(74)68(67-73)72-70(75)64-60-56-52-48-44-40-37-34-31-29-27-25-23-21-20-22-24-26-28-30-32-35-38-42-46-50-54-58-62-66-77-71(76)65-61-57-53-49-45-41-18-16-14-12-10-8-6-4-2/h16,18,68-69,73-74H,3-15,17,19-67H2,1-2H3,(H,72,75)/b18-16-. The van der Waals surface area contributed by atoms with E-state index >= 15 is 0 Å². The molecular formula is C71H139NO5. The third kappa shape index (κ3) is 63.6. The van der Waals surface area contributed by atoms with Crippen molar-refractivity contribution in [2.24, 2.45) is 0 Å². The Morgan fingerprint density at radius 2 is 0.610 bits per heavy atom. The second-order valence-corrected chi connectivity index (χ2v) is 24.6. The molecule has 0 aromatic heterocycles. The van der Waals surface area contributed by atoms with Crippen LogP contribution in [0, 0.1) is 0 Å². The first-order chi connectivity index (χ1) is 38.0. The van der Waals surface area contributed by atoms with Gasteiger partial charge in [-0.1, -0.05) is 353 Å². The van der Waals surface area contributed by atoms with Crippen LogP contribution in [0.5, 0.6) is 0 Å². The van der Waals surface area contributed by atoms with Crippen molar-refractivity contribution in [3.8, 4) is 0 Å². The van der Waals surface area contributed by atoms with Crippen LogP contribution in [0.4, 0.5) is 0 Å². The molecule has 0 aromatic rings. The Balaban J connectivity index is 3.33. The smallest absolute Gasteiger partial charge is 0.305 e. The lowest BCUT2D eigenvalue weighted by Crippen LogP contribution is -2.45. The fourth-order valence-corrected chi connectivity index (χ4v) is 11.4. The van der Waals surface area contributed by atoms with E-state index in [4.69, 9.17) is 4.74 Å². The average molecular weight is 1090 g/mol. The minimum atomic E-state index is -0.661. The summed E-state index contributed by atoms with van der Waals surface area (Å²) in [6, 6.07) is -0.538. The predicted octanol–water partition coefficient (Wildman–Crippen LogP) is 22.8. The zero-order chi connectivity index (χ0) is 55.7. The van der Waals surface area contributed by atoms with Gasteiger partial charge in [0.1, 0.15) is 0 Å². The largest absolute Gasteiger partial charge is 0.466 e. The molecule has 0 aromatic carbocycles. The van der Waals surface area contributed by atoms with Gasteiger partial charge in [0.25, 0.3) is 0 Å². The molecule has 3 N–H and O–H groups in total. The Bertz CT molecular complexity index is 1160. The van der Waals surface area contributed by atoms with Crippen molar-refractivity contribution in [2.45, 2.75) is 418 Å². The van der Waals surface area contributed by atoms with E-state index in [-0.39, 0.29) is 18.5 Å². The van der Waals surface area contributed by atoms with Crippen molar-refractivity contribution in [1.29, 1.82) is 0 Å². The van der Waals surface area contributed by atoms with E-state index < -0.39 is 12.1 Å². The summed E-state index contributed by atoms with van der Waals surface area (Å²) in [5.41, 5.74) is 0. The van der Waals surface area contributed by atoms with Gasteiger partial charge in [-0.2, -0.15) is 0 Å². The lowest BCUT2D eigenvalue weighted by molar-refractivity contribution is -0.143. The number of hydrogen-bond acceptors (Lipinski definition) is 5. The van der Waals surface area contributed by atoms with Gasteiger partial charge >= 0.3 is 5.97 Å². The number of nitrogens with one attached hydrogen (secondary N) is 1. The average Bonchev–Trinajstić information content (AvgIpc) is 3.43. The molecule has 6 nitrogen and oxygen atoms in total. The summed E-state index contributed by atoms with van der Waals surface area (Å²) in [6.45, 7) is 4.98. The summed E-state index contributed by atoms with van der Waals surface area (Å²) >= 11 is 0. The van der Waals surface area contributed by atoms with Gasteiger partial charge in [-0.25, -0.2) is 0 Å². The summed E-state index contributed by atoms with van der Waals surface area (Å²) in [4.78, 5) is 24.6. The number of aliphatic hydroxyl groups is 2. The molecule has 0 aliphatic carbocycles. The number of carbonyl (C=O) groups excluding carboxylic acids is 2. The highest BCUT2D eigenvalue weighted by molar-refractivity contribution is 5.76. The summed E-state index contributed by atoms with van der Waals surface area (Å²) in [7, 11) is 0. The molecule has 77 heavy (non-hydrogen) atoms. The minimum Gasteiger partial charge on any atom is -0.466 e. The van der Waals surface area contributed by atoms with Gasteiger partial charge in [-0.3, -0.25) is 9.59 Å². The van der Waals surface area contributed by atoms with E-state index in [2.05, 4.69) is 31.3 Å². The van der Waals surface area contributed by atoms with Crippen LogP contribution in [-0.2, 0) is 14.3 Å². The molecule has 0 fully saturated rings. The van der Waals surface area contributed by atoms with Gasteiger partial charge < -0.3 is 20.3 Å². The van der Waals surface area contributed by atoms with Crippen LogP contribution >= 0.6 is 0 Å². The molecule has 0 saturated heterocycles. The lowest BCUT2D eigenvalue weighted by Gasteiger charge is -2.22. The number of rotatable bonds is 67. The Kier molecular flexibility index (Phi) is 65.9. The van der Waals surface area contributed by atoms with Crippen molar-refractivity contribution in [1.82, 2.24) is 5.32 Å². The Morgan fingerprint density at radius 1 is 0.351 bits per heavy atom. The van der Waals surface area contributed by atoms with Gasteiger partial charge in [0.2, 0.25) is 5.91 Å². The predicted molar refractivity (Wildman–Crippen MR) is 338 cm³/mol. The van der Waals surface area contributed by atoms with E-state index in [1.807, 2.05) is 0 Å². The van der Waals surface area contributed by atoms with E-state index in [1.54, 1.807) is 0 Å². The molecule has 0 rings (SSSR count). The van der Waals surface area contributed by atoms with Crippen LogP contribution in [0.2, 0.25) is 0 Å². The molecule has 2 unspecified atom stereocenters. The van der Waals surface area contributed by atoms with Crippen LogP contribution in [0.1, 0.15) is 406 Å². The molecule has 0 bridgehead atoms. The summed E-state index contributed by atoms with van der Waals surface area (Å²) in [5.74, 6) is -0.0156. The SMILES string of the molecule is CCCCCCC/C=C\CCCCCCCC(=O)OCCCCCCCCCCCCCCCCCCCCCCCCCCCCCCCC(=O)NC(CO)C(O)CCCCCCCCCCCCCCCCCCC. The first kappa shape index (κ1) is 75.6. The quantitative estimate of drug-likeness (QED) is 0.0320. The molecule has 458 valence electrons. The second-order valence-electron chi connectivity index (χ2n) is 24.6. The second kappa shape index (κ2) is 67.1. The first-order valence-electron chi connectivity index (χ1n) is 35.4. The number of ether oxygens (including phenoxy) is 1. The highest BCUT2D eigenvalue weighted by Crippen LogP contribution is 2.19. The molecule has 1 amide bonds. The Hall–Kier alpha value is -1.40. The van der Waals surface area contributed by atoms with Gasteiger partial charge in [0.15, 0.2) is 0 Å². The number of aliphatic hydroxyl groups excluding tert-OH is 2. The summed E-state index contributed by atoms with van der Waals surface area (Å²) < 4.78 is 5.49. The van der Waals surface area contributed by atoms with E-state index in [9.17, 15) is 19.8 Å². The monoisotopic (exact) mass is 1090 g/mol. The van der Waals surface area contributed by atoms with Crippen molar-refractivity contribution < 1.29 is 24.5 Å². The highest BCUT2D eigenvalue weighted by atomic mass is 16.5. The molecular weight excluding hydrogens is 947 g/mol. The highest BCUT2D eigenvalue weighted by Gasteiger charge is 2.20. The number of allylic oxidation sites excluding steroid dienone is 2. The molecule has 0 heterocycles. The molecule has 0 saturated carbocycles. The maximum atomic E-state index is 12.5. The number of hydrogen-bond donors (Lipinski definition) is 3. The van der Waals surface area contributed by atoms with Gasteiger partial charge in [0, 0.05) is 12.8 Å². The van der Waals surface area contributed by atoms with Crippen LogP contribution in [-0.4, -0.2) is 47.4 Å². The third-order valence-electron chi connectivity index (χ3n) is 16.8. The van der Waals surface area contributed by atoms with Crippen molar-refractivity contribution in [3.63, 3.8) is 0 Å². The Morgan fingerprint density at radius 3 is 0.922 bits per heavy atom. The minimum absolute atomic E-state index is 0.0118. The number of amides is 1. The van der Waals surface area contributed by atoms with Crippen LogP contribution in [0.15, 0.2) is 12.2 Å². The zero-order valence-corrected chi connectivity index (χ0v) is 52.5. The molecule has 2 atom stereocenters. The number of unbranched alkanes of at least 4 members (excludes halogenated alkanes) is 54. The maximum Gasteiger partial charge on any atom is 0.305 e.